The molecule has 0 radical (unpaired) electrons. The molecule has 0 saturated carbocycles. The molecular formula is C16H27NOSi. The van der Waals surface area contributed by atoms with Gasteiger partial charge in [0.25, 0.3) is 0 Å². The van der Waals surface area contributed by atoms with Gasteiger partial charge in [0.2, 0.25) is 0 Å². The molecule has 0 atom stereocenters. The molecule has 1 aromatic rings. The van der Waals surface area contributed by atoms with Crippen molar-refractivity contribution < 1.29 is 4.43 Å². The van der Waals surface area contributed by atoms with Crippen molar-refractivity contribution >= 4 is 8.32 Å². The lowest BCUT2D eigenvalue weighted by molar-refractivity contribution is 0.191. The van der Waals surface area contributed by atoms with Crippen molar-refractivity contribution in [1.82, 2.24) is 4.90 Å². The van der Waals surface area contributed by atoms with Gasteiger partial charge in [-0.05, 0) is 36.2 Å². The summed E-state index contributed by atoms with van der Waals surface area (Å²) in [7, 11) is -1.38. The van der Waals surface area contributed by atoms with Gasteiger partial charge in [-0.15, -0.1) is 0 Å². The zero-order chi connectivity index (χ0) is 13.7. The Hall–Kier alpha value is -0.643. The van der Waals surface area contributed by atoms with Gasteiger partial charge in [-0.3, -0.25) is 4.90 Å². The van der Waals surface area contributed by atoms with E-state index in [1.807, 2.05) is 0 Å². The molecule has 0 aromatic heterocycles. The molecule has 0 aliphatic carbocycles. The standard InChI is InChI=1S/C16H27NOSi/c1-4-19(3,5-2)18-13-12-17-11-10-15-8-6-7-9-16(15)14-17/h6-9H,4-5,10-14H2,1-3H3. The lowest BCUT2D eigenvalue weighted by Gasteiger charge is -2.31. The van der Waals surface area contributed by atoms with Crippen LogP contribution >= 0.6 is 0 Å². The molecule has 0 unspecified atom stereocenters. The summed E-state index contributed by atoms with van der Waals surface area (Å²) in [5.41, 5.74) is 3.03. The van der Waals surface area contributed by atoms with E-state index in [-0.39, 0.29) is 0 Å². The molecule has 1 aromatic carbocycles. The zero-order valence-corrected chi connectivity index (χ0v) is 13.6. The number of fused-ring (bicyclic) bond motifs is 1. The van der Waals surface area contributed by atoms with Gasteiger partial charge in [-0.2, -0.15) is 0 Å². The zero-order valence-electron chi connectivity index (χ0n) is 12.6. The maximum atomic E-state index is 6.22. The maximum Gasteiger partial charge on any atom is 0.189 e. The fraction of sp³-hybridized carbons (Fsp3) is 0.625. The molecular weight excluding hydrogens is 250 g/mol. The van der Waals surface area contributed by atoms with Crippen molar-refractivity contribution in [2.75, 3.05) is 19.7 Å². The lowest BCUT2D eigenvalue weighted by atomic mass is 10.0. The summed E-state index contributed by atoms with van der Waals surface area (Å²) in [6.07, 6.45) is 1.19. The van der Waals surface area contributed by atoms with Crippen LogP contribution in [0, 0.1) is 0 Å². The summed E-state index contributed by atoms with van der Waals surface area (Å²) < 4.78 is 6.22. The number of hydrogen-bond donors (Lipinski definition) is 0. The van der Waals surface area contributed by atoms with Crippen LogP contribution in [0.15, 0.2) is 24.3 Å². The lowest BCUT2D eigenvalue weighted by Crippen LogP contribution is -2.38. The fourth-order valence-electron chi connectivity index (χ4n) is 2.62. The summed E-state index contributed by atoms with van der Waals surface area (Å²) >= 11 is 0. The first-order valence-corrected chi connectivity index (χ1v) is 10.4. The molecule has 1 aliphatic heterocycles. The molecule has 2 rings (SSSR count). The van der Waals surface area contributed by atoms with E-state index in [2.05, 4.69) is 49.6 Å². The van der Waals surface area contributed by atoms with Gasteiger partial charge in [0.15, 0.2) is 8.32 Å². The Kier molecular flexibility index (Phi) is 5.19. The van der Waals surface area contributed by atoms with Crippen LogP contribution in [0.25, 0.3) is 0 Å². The first-order valence-electron chi connectivity index (χ1n) is 7.60. The molecule has 3 heteroatoms. The third-order valence-electron chi connectivity index (χ3n) is 4.56. The average Bonchev–Trinajstić information content (AvgIpc) is 2.47. The van der Waals surface area contributed by atoms with Crippen LogP contribution in [0.4, 0.5) is 0 Å². The van der Waals surface area contributed by atoms with Gasteiger partial charge in [0.1, 0.15) is 0 Å². The summed E-state index contributed by atoms with van der Waals surface area (Å²) in [6, 6.07) is 11.3. The highest BCUT2D eigenvalue weighted by molar-refractivity contribution is 6.72. The van der Waals surface area contributed by atoms with Crippen molar-refractivity contribution in [2.24, 2.45) is 0 Å². The van der Waals surface area contributed by atoms with E-state index in [9.17, 15) is 0 Å². The Morgan fingerprint density at radius 3 is 2.53 bits per heavy atom. The van der Waals surface area contributed by atoms with Gasteiger partial charge in [0, 0.05) is 26.2 Å². The smallest absolute Gasteiger partial charge is 0.189 e. The average molecular weight is 277 g/mol. The maximum absolute atomic E-state index is 6.22. The predicted molar refractivity (Wildman–Crippen MR) is 84.0 cm³/mol. The summed E-state index contributed by atoms with van der Waals surface area (Å²) in [4.78, 5) is 2.53. The van der Waals surface area contributed by atoms with E-state index in [4.69, 9.17) is 4.43 Å². The van der Waals surface area contributed by atoms with E-state index >= 15 is 0 Å². The molecule has 0 saturated heterocycles. The fourth-order valence-corrected chi connectivity index (χ4v) is 4.11. The largest absolute Gasteiger partial charge is 0.416 e. The number of rotatable bonds is 6. The number of benzene rings is 1. The summed E-state index contributed by atoms with van der Waals surface area (Å²) in [5.74, 6) is 0. The van der Waals surface area contributed by atoms with E-state index in [0.717, 1.165) is 19.7 Å². The molecule has 0 amide bonds. The molecule has 0 bridgehead atoms. The molecule has 106 valence electrons. The quantitative estimate of drug-likeness (QED) is 0.736. The van der Waals surface area contributed by atoms with Crippen LogP contribution in [0.2, 0.25) is 18.6 Å². The molecule has 1 aliphatic rings. The van der Waals surface area contributed by atoms with Gasteiger partial charge >= 0.3 is 0 Å². The van der Waals surface area contributed by atoms with E-state index in [0.29, 0.717) is 0 Å². The van der Waals surface area contributed by atoms with E-state index in [1.165, 1.54) is 36.2 Å². The second kappa shape index (κ2) is 6.68. The first kappa shape index (κ1) is 14.8. The van der Waals surface area contributed by atoms with Crippen LogP contribution < -0.4 is 0 Å². The Morgan fingerprint density at radius 1 is 1.16 bits per heavy atom. The minimum atomic E-state index is -1.38. The van der Waals surface area contributed by atoms with Crippen LogP contribution in [-0.4, -0.2) is 32.9 Å². The van der Waals surface area contributed by atoms with Crippen molar-refractivity contribution in [1.29, 1.82) is 0 Å². The predicted octanol–water partition coefficient (Wildman–Crippen LogP) is 3.68. The third-order valence-corrected chi connectivity index (χ3v) is 8.46. The van der Waals surface area contributed by atoms with Crippen LogP contribution in [0.3, 0.4) is 0 Å². The number of nitrogens with zero attached hydrogens (tertiary/aromatic N) is 1. The minimum Gasteiger partial charge on any atom is -0.416 e. The highest BCUT2D eigenvalue weighted by atomic mass is 28.4. The molecule has 1 heterocycles. The van der Waals surface area contributed by atoms with E-state index < -0.39 is 8.32 Å². The topological polar surface area (TPSA) is 12.5 Å². The van der Waals surface area contributed by atoms with Crippen LogP contribution in [-0.2, 0) is 17.4 Å². The number of hydrogen-bond acceptors (Lipinski definition) is 2. The monoisotopic (exact) mass is 277 g/mol. The first-order chi connectivity index (χ1) is 9.17. The molecule has 0 fully saturated rings. The highest BCUT2D eigenvalue weighted by Crippen LogP contribution is 2.19. The molecule has 2 nitrogen and oxygen atoms in total. The molecule has 0 spiro atoms. The Labute approximate surface area is 118 Å². The second-order valence-electron chi connectivity index (χ2n) is 5.80. The van der Waals surface area contributed by atoms with Crippen molar-refractivity contribution in [2.45, 2.75) is 45.4 Å². The molecule has 0 N–H and O–H groups in total. The SMILES string of the molecule is CC[Si](C)(CC)OCCN1CCc2ccccc2C1. The van der Waals surface area contributed by atoms with Crippen molar-refractivity contribution in [3.63, 3.8) is 0 Å². The van der Waals surface area contributed by atoms with Crippen LogP contribution in [0.1, 0.15) is 25.0 Å². The normalized spacial score (nSPS) is 16.4. The summed E-state index contributed by atoms with van der Waals surface area (Å²) in [5, 5.41) is 0. The molecule has 19 heavy (non-hydrogen) atoms. The minimum absolute atomic E-state index is 0.909. The Morgan fingerprint density at radius 2 is 1.84 bits per heavy atom. The Balaban J connectivity index is 1.80. The summed E-state index contributed by atoms with van der Waals surface area (Å²) in [6.45, 7) is 11.2. The van der Waals surface area contributed by atoms with Crippen molar-refractivity contribution in [3.8, 4) is 0 Å². The van der Waals surface area contributed by atoms with Gasteiger partial charge in [-0.25, -0.2) is 0 Å². The van der Waals surface area contributed by atoms with Gasteiger partial charge in [-0.1, -0.05) is 38.1 Å². The second-order valence-corrected chi connectivity index (χ2v) is 10.4. The van der Waals surface area contributed by atoms with Crippen molar-refractivity contribution in [3.05, 3.63) is 35.4 Å². The third kappa shape index (κ3) is 3.91. The highest BCUT2D eigenvalue weighted by Gasteiger charge is 2.24. The Bertz CT molecular complexity index is 403. The van der Waals surface area contributed by atoms with Gasteiger partial charge in [0.05, 0.1) is 0 Å². The van der Waals surface area contributed by atoms with Gasteiger partial charge < -0.3 is 4.43 Å². The van der Waals surface area contributed by atoms with E-state index in [1.54, 1.807) is 0 Å². The van der Waals surface area contributed by atoms with Crippen LogP contribution in [0.5, 0.6) is 0 Å².